The predicted molar refractivity (Wildman–Crippen MR) is 155 cm³/mol. The van der Waals surface area contributed by atoms with Crippen LogP contribution in [0, 0.1) is 6.92 Å². The fourth-order valence-corrected chi connectivity index (χ4v) is 5.05. The largest absolute Gasteiger partial charge is 0.507 e. The van der Waals surface area contributed by atoms with E-state index in [1.165, 1.54) is 0 Å². The monoisotopic (exact) mass is 485 g/mol. The van der Waals surface area contributed by atoms with Gasteiger partial charge in [-0.1, -0.05) is 98.8 Å². The van der Waals surface area contributed by atoms with E-state index in [0.29, 0.717) is 5.56 Å². The Hall–Kier alpha value is -4.37. The summed E-state index contributed by atoms with van der Waals surface area (Å²) in [6.45, 7) is 6.34. The van der Waals surface area contributed by atoms with Crippen molar-refractivity contribution in [3.05, 3.63) is 125 Å². The Labute approximate surface area is 218 Å². The molecule has 184 valence electrons. The van der Waals surface area contributed by atoms with Crippen LogP contribution in [0.2, 0.25) is 0 Å². The molecule has 3 heteroatoms. The molecule has 37 heavy (non-hydrogen) atoms. The lowest BCUT2D eigenvalue weighted by molar-refractivity contribution is 0.416. The summed E-state index contributed by atoms with van der Waals surface area (Å²) in [5.74, 6) is 1.08. The fraction of sp³-hybridized carbons (Fsp3) is 0.147. The molecule has 1 N–H and O–H groups in total. The van der Waals surface area contributed by atoms with Crippen molar-refractivity contribution in [3.63, 3.8) is 0 Å². The van der Waals surface area contributed by atoms with Gasteiger partial charge in [-0.2, -0.15) is 0 Å². The zero-order valence-electron chi connectivity index (χ0n) is 21.7. The van der Waals surface area contributed by atoms with Gasteiger partial charge in [0.1, 0.15) is 11.5 Å². The smallest absolute Gasteiger partial charge is 0.128 e. The molecule has 0 fully saturated rings. The van der Waals surface area contributed by atoms with E-state index < -0.39 is 0 Å². The molecule has 0 heterocycles. The van der Waals surface area contributed by atoms with Crippen LogP contribution in [0.5, 0.6) is 11.5 Å². The topological polar surface area (TPSA) is 41.8 Å². The Morgan fingerprint density at radius 1 is 0.784 bits per heavy atom. The number of benzene rings is 5. The number of phenolic OH excluding ortho intramolecular Hbond substituents is 1. The number of phenols is 1. The average molecular weight is 486 g/mol. The predicted octanol–water partition coefficient (Wildman–Crippen LogP) is 8.61. The van der Waals surface area contributed by atoms with Gasteiger partial charge in [-0.25, -0.2) is 0 Å². The van der Waals surface area contributed by atoms with Crippen LogP contribution in [0.15, 0.2) is 108 Å². The Bertz CT molecular complexity index is 1590. The molecule has 0 aliphatic rings. The molecular weight excluding hydrogens is 454 g/mol. The first-order chi connectivity index (χ1) is 17.9. The normalized spacial score (nSPS) is 11.8. The maximum atomic E-state index is 11.4. The van der Waals surface area contributed by atoms with E-state index in [2.05, 4.69) is 69.3 Å². The van der Waals surface area contributed by atoms with Gasteiger partial charge in [-0.05, 0) is 47.2 Å². The quantitative estimate of drug-likeness (QED) is 0.245. The van der Waals surface area contributed by atoms with Crippen molar-refractivity contribution in [2.45, 2.75) is 26.2 Å². The number of hydrogen-bond acceptors (Lipinski definition) is 3. The maximum Gasteiger partial charge on any atom is 0.128 e. The molecule has 0 aliphatic carbocycles. The summed E-state index contributed by atoms with van der Waals surface area (Å²) in [6.07, 6.45) is 1.78. The number of aryl methyl sites for hydroxylation is 1. The van der Waals surface area contributed by atoms with Crippen LogP contribution in [0.25, 0.3) is 21.9 Å². The molecule has 0 bridgehead atoms. The summed E-state index contributed by atoms with van der Waals surface area (Å²) in [7, 11) is 1.69. The molecule has 5 aromatic carbocycles. The summed E-state index contributed by atoms with van der Waals surface area (Å²) < 4.78 is 5.66. The van der Waals surface area contributed by atoms with E-state index in [1.54, 1.807) is 13.3 Å². The van der Waals surface area contributed by atoms with Gasteiger partial charge >= 0.3 is 0 Å². The third kappa shape index (κ3) is 4.61. The molecule has 0 aromatic heterocycles. The second-order valence-electron chi connectivity index (χ2n) is 9.88. The van der Waals surface area contributed by atoms with Crippen molar-refractivity contribution in [2.75, 3.05) is 7.11 Å². The zero-order valence-corrected chi connectivity index (χ0v) is 21.7. The van der Waals surface area contributed by atoms with Gasteiger partial charge in [-0.3, -0.25) is 4.99 Å². The van der Waals surface area contributed by atoms with E-state index in [1.807, 2.05) is 54.6 Å². The van der Waals surface area contributed by atoms with Crippen LogP contribution in [0.3, 0.4) is 0 Å². The third-order valence-corrected chi connectivity index (χ3v) is 7.08. The Morgan fingerprint density at radius 3 is 2.22 bits per heavy atom. The first kappa shape index (κ1) is 24.3. The van der Waals surface area contributed by atoms with Crippen LogP contribution >= 0.6 is 0 Å². The lowest BCUT2D eigenvalue weighted by Gasteiger charge is -2.28. The first-order valence-corrected chi connectivity index (χ1v) is 12.5. The van der Waals surface area contributed by atoms with Gasteiger partial charge in [0.25, 0.3) is 0 Å². The minimum Gasteiger partial charge on any atom is -0.507 e. The number of hydrogen-bond donors (Lipinski definition) is 1. The SMILES string of the molecule is COc1ccccc1-c1cccc2cccc(N=Cc3cc(C)cc(C(C)(C)c4ccccc4)c3O)c12. The molecule has 5 aromatic rings. The maximum absolute atomic E-state index is 11.4. The van der Waals surface area contributed by atoms with Crippen LogP contribution in [0.4, 0.5) is 5.69 Å². The second-order valence-corrected chi connectivity index (χ2v) is 9.88. The highest BCUT2D eigenvalue weighted by molar-refractivity contribution is 6.06. The minimum absolute atomic E-state index is 0.258. The van der Waals surface area contributed by atoms with Gasteiger partial charge in [0.15, 0.2) is 0 Å². The molecular formula is C34H31NO2. The highest BCUT2D eigenvalue weighted by Gasteiger charge is 2.27. The lowest BCUT2D eigenvalue weighted by Crippen LogP contribution is -2.19. The number of ether oxygens (including phenoxy) is 1. The van der Waals surface area contributed by atoms with Gasteiger partial charge in [0, 0.05) is 33.7 Å². The van der Waals surface area contributed by atoms with Crippen LogP contribution in [-0.4, -0.2) is 18.4 Å². The number of rotatable bonds is 6. The summed E-state index contributed by atoms with van der Waals surface area (Å²) in [4.78, 5) is 4.92. The van der Waals surface area contributed by atoms with Gasteiger partial charge in [0.2, 0.25) is 0 Å². The average Bonchev–Trinajstić information content (AvgIpc) is 2.93. The Morgan fingerprint density at radius 2 is 1.46 bits per heavy atom. The van der Waals surface area contributed by atoms with Crippen molar-refractivity contribution in [3.8, 4) is 22.6 Å². The number of nitrogens with zero attached hydrogens (tertiary/aromatic N) is 1. The van der Waals surface area contributed by atoms with Crippen molar-refractivity contribution < 1.29 is 9.84 Å². The Kier molecular flexibility index (Phi) is 6.54. The van der Waals surface area contributed by atoms with E-state index >= 15 is 0 Å². The van der Waals surface area contributed by atoms with Gasteiger partial charge < -0.3 is 9.84 Å². The molecule has 0 saturated carbocycles. The lowest BCUT2D eigenvalue weighted by atomic mass is 9.76. The zero-order chi connectivity index (χ0) is 26.0. The number of fused-ring (bicyclic) bond motifs is 1. The first-order valence-electron chi connectivity index (χ1n) is 12.5. The fourth-order valence-electron chi connectivity index (χ4n) is 5.05. The third-order valence-electron chi connectivity index (χ3n) is 7.08. The van der Waals surface area contributed by atoms with Crippen molar-refractivity contribution in [1.29, 1.82) is 0 Å². The molecule has 0 spiro atoms. The molecule has 3 nitrogen and oxygen atoms in total. The summed E-state index contributed by atoms with van der Waals surface area (Å²) >= 11 is 0. The number of aliphatic imine (C=N–C) groups is 1. The molecule has 0 radical (unpaired) electrons. The molecule has 0 amide bonds. The highest BCUT2D eigenvalue weighted by atomic mass is 16.5. The molecule has 5 rings (SSSR count). The summed E-state index contributed by atoms with van der Waals surface area (Å²) in [6, 6.07) is 34.7. The molecule has 0 aliphatic heterocycles. The second kappa shape index (κ2) is 9.94. The van der Waals surface area contributed by atoms with E-state index in [0.717, 1.165) is 50.0 Å². The van der Waals surface area contributed by atoms with Crippen molar-refractivity contribution in [2.24, 2.45) is 4.99 Å². The van der Waals surface area contributed by atoms with Crippen molar-refractivity contribution in [1.82, 2.24) is 0 Å². The van der Waals surface area contributed by atoms with Crippen LogP contribution in [-0.2, 0) is 5.41 Å². The number of aromatic hydroxyl groups is 1. The Balaban J connectivity index is 1.63. The van der Waals surface area contributed by atoms with E-state index in [9.17, 15) is 5.11 Å². The highest BCUT2D eigenvalue weighted by Crippen LogP contribution is 2.41. The van der Waals surface area contributed by atoms with Crippen molar-refractivity contribution >= 4 is 22.7 Å². The minimum atomic E-state index is -0.365. The molecule has 0 unspecified atom stereocenters. The number of para-hydroxylation sites is 1. The van der Waals surface area contributed by atoms with E-state index in [-0.39, 0.29) is 11.2 Å². The molecule has 0 atom stereocenters. The van der Waals surface area contributed by atoms with Gasteiger partial charge in [0.05, 0.1) is 12.8 Å². The van der Waals surface area contributed by atoms with Crippen LogP contribution in [0.1, 0.15) is 36.1 Å². The summed E-state index contributed by atoms with van der Waals surface area (Å²) in [5, 5.41) is 13.5. The van der Waals surface area contributed by atoms with Crippen LogP contribution < -0.4 is 4.74 Å². The standard InChI is InChI=1S/C34H31NO2/c1-23-20-25(33(36)29(21-23)34(2,3)26-14-6-5-7-15-26)22-35-30-18-11-13-24-12-10-17-28(32(24)30)27-16-8-9-19-31(27)37-4/h5-22,36H,1-4H3. The summed E-state index contributed by atoms with van der Waals surface area (Å²) in [5.41, 5.74) is 6.35. The number of methoxy groups -OCH3 is 1. The van der Waals surface area contributed by atoms with E-state index in [4.69, 9.17) is 9.73 Å². The van der Waals surface area contributed by atoms with Gasteiger partial charge in [-0.15, -0.1) is 0 Å². The molecule has 0 saturated heterocycles.